The molecule has 2 aromatic rings. The third-order valence-electron chi connectivity index (χ3n) is 2.02. The molecule has 1 aromatic heterocycles. The topological polar surface area (TPSA) is 73.3 Å². The van der Waals surface area contributed by atoms with Gasteiger partial charge in [-0.3, -0.25) is 4.79 Å². The van der Waals surface area contributed by atoms with E-state index in [4.69, 9.17) is 10.2 Å². The second-order valence-electron chi connectivity index (χ2n) is 3.12. The maximum Gasteiger partial charge on any atom is 0.349 e. The van der Waals surface area contributed by atoms with E-state index in [9.17, 15) is 9.59 Å². The van der Waals surface area contributed by atoms with Crippen molar-refractivity contribution < 1.29 is 9.21 Å². The van der Waals surface area contributed by atoms with Crippen LogP contribution in [-0.2, 0) is 0 Å². The Bertz CT molecular complexity index is 648. The maximum absolute atomic E-state index is 11.4. The van der Waals surface area contributed by atoms with Crippen molar-refractivity contribution in [3.63, 3.8) is 0 Å². The highest BCUT2D eigenvalue weighted by Crippen LogP contribution is 2.27. The molecule has 0 saturated heterocycles. The van der Waals surface area contributed by atoms with Crippen molar-refractivity contribution in [1.82, 2.24) is 0 Å². The number of nitrogens with two attached hydrogens (primary N) is 1. The Morgan fingerprint density at radius 1 is 1.25 bits per heavy atom. The first-order valence-electron chi connectivity index (χ1n) is 4.22. The first kappa shape index (κ1) is 11.3. The smallest absolute Gasteiger partial charge is 0.349 e. The molecule has 0 aliphatic carbocycles. The van der Waals surface area contributed by atoms with Crippen LogP contribution < -0.4 is 11.4 Å². The lowest BCUT2D eigenvalue weighted by Gasteiger charge is -2.02. The zero-order chi connectivity index (χ0) is 11.9. The van der Waals surface area contributed by atoms with Gasteiger partial charge in [-0.1, -0.05) is 15.9 Å². The zero-order valence-corrected chi connectivity index (χ0v) is 11.0. The van der Waals surface area contributed by atoms with Gasteiger partial charge in [0, 0.05) is 9.86 Å². The van der Waals surface area contributed by atoms with Gasteiger partial charge in [0.1, 0.15) is 5.56 Å². The minimum Gasteiger partial charge on any atom is -0.421 e. The lowest BCUT2D eigenvalue weighted by molar-refractivity contribution is 0.0997. The number of rotatable bonds is 1. The van der Waals surface area contributed by atoms with E-state index in [0.29, 0.717) is 15.4 Å². The summed E-state index contributed by atoms with van der Waals surface area (Å²) in [6.45, 7) is 0. The molecule has 0 aliphatic rings. The zero-order valence-electron chi connectivity index (χ0n) is 7.79. The van der Waals surface area contributed by atoms with E-state index in [1.54, 1.807) is 12.1 Å². The van der Waals surface area contributed by atoms with Crippen LogP contribution >= 0.6 is 31.9 Å². The van der Waals surface area contributed by atoms with E-state index in [0.717, 1.165) is 4.47 Å². The Hall–Kier alpha value is -1.14. The van der Waals surface area contributed by atoms with Crippen molar-refractivity contribution in [3.8, 4) is 0 Å². The summed E-state index contributed by atoms with van der Waals surface area (Å²) in [5.41, 5.74) is 4.56. The van der Waals surface area contributed by atoms with E-state index < -0.39 is 11.5 Å². The molecule has 0 bridgehead atoms. The average Bonchev–Trinajstić information content (AvgIpc) is 2.18. The molecular weight excluding hydrogens is 342 g/mol. The fourth-order valence-electron chi connectivity index (χ4n) is 1.33. The molecular formula is C10H5Br2NO3. The molecule has 0 unspecified atom stereocenters. The number of primary amides is 1. The maximum atomic E-state index is 11.4. The molecule has 6 heteroatoms. The van der Waals surface area contributed by atoms with Crippen LogP contribution in [0.15, 0.2) is 36.4 Å². The second-order valence-corrected chi connectivity index (χ2v) is 4.89. The van der Waals surface area contributed by atoms with Gasteiger partial charge in [-0.25, -0.2) is 4.79 Å². The number of hydrogen-bond acceptors (Lipinski definition) is 3. The van der Waals surface area contributed by atoms with E-state index in [1.807, 2.05) is 0 Å². The fourth-order valence-corrected chi connectivity index (χ4v) is 2.67. The van der Waals surface area contributed by atoms with Crippen molar-refractivity contribution in [1.29, 1.82) is 0 Å². The fraction of sp³-hybridized carbons (Fsp3) is 0. The van der Waals surface area contributed by atoms with Crippen LogP contribution in [0.5, 0.6) is 0 Å². The summed E-state index contributed by atoms with van der Waals surface area (Å²) < 4.78 is 6.45. The molecule has 82 valence electrons. The van der Waals surface area contributed by atoms with Gasteiger partial charge in [0.2, 0.25) is 0 Å². The van der Waals surface area contributed by atoms with Crippen molar-refractivity contribution >= 4 is 48.7 Å². The Labute approximate surface area is 107 Å². The van der Waals surface area contributed by atoms with Gasteiger partial charge in [0.05, 0.1) is 4.47 Å². The lowest BCUT2D eigenvalue weighted by atomic mass is 10.2. The SMILES string of the molecule is NC(=O)c1cc2cc(Br)cc(Br)c2oc1=O. The Balaban J connectivity index is 2.90. The van der Waals surface area contributed by atoms with E-state index in [1.165, 1.54) is 6.07 Å². The van der Waals surface area contributed by atoms with Gasteiger partial charge in [-0.15, -0.1) is 0 Å². The molecule has 0 saturated carbocycles. The second kappa shape index (κ2) is 4.03. The molecule has 1 amide bonds. The molecule has 1 aromatic carbocycles. The van der Waals surface area contributed by atoms with Crippen molar-refractivity contribution in [3.05, 3.63) is 43.1 Å². The summed E-state index contributed by atoms with van der Waals surface area (Å²) in [6.07, 6.45) is 0. The van der Waals surface area contributed by atoms with E-state index in [2.05, 4.69) is 31.9 Å². The standard InChI is InChI=1S/C10H5Br2NO3/c11-5-1-4-2-6(9(13)14)10(15)16-8(4)7(12)3-5/h1-3H,(H2,13,14). The van der Waals surface area contributed by atoms with Gasteiger partial charge >= 0.3 is 5.63 Å². The molecule has 1 heterocycles. The molecule has 16 heavy (non-hydrogen) atoms. The predicted octanol–water partition coefficient (Wildman–Crippen LogP) is 2.42. The molecule has 0 spiro atoms. The van der Waals surface area contributed by atoms with Gasteiger partial charge in [0.25, 0.3) is 5.91 Å². The van der Waals surface area contributed by atoms with Crippen LogP contribution in [-0.4, -0.2) is 5.91 Å². The first-order chi connectivity index (χ1) is 7.49. The van der Waals surface area contributed by atoms with Crippen molar-refractivity contribution in [2.24, 2.45) is 5.73 Å². The highest BCUT2D eigenvalue weighted by Gasteiger charge is 2.12. The van der Waals surface area contributed by atoms with Crippen LogP contribution in [0.1, 0.15) is 10.4 Å². The van der Waals surface area contributed by atoms with E-state index in [-0.39, 0.29) is 5.56 Å². The monoisotopic (exact) mass is 345 g/mol. The molecule has 0 radical (unpaired) electrons. The van der Waals surface area contributed by atoms with Crippen LogP contribution in [0.2, 0.25) is 0 Å². The largest absolute Gasteiger partial charge is 0.421 e. The average molecular weight is 347 g/mol. The van der Waals surface area contributed by atoms with Gasteiger partial charge in [-0.05, 0) is 34.1 Å². The van der Waals surface area contributed by atoms with Gasteiger partial charge < -0.3 is 10.2 Å². The summed E-state index contributed by atoms with van der Waals surface area (Å²) in [4.78, 5) is 22.4. The third kappa shape index (κ3) is 1.90. The van der Waals surface area contributed by atoms with Crippen molar-refractivity contribution in [2.75, 3.05) is 0 Å². The quantitative estimate of drug-likeness (QED) is 0.806. The molecule has 4 nitrogen and oxygen atoms in total. The van der Waals surface area contributed by atoms with Gasteiger partial charge in [-0.2, -0.15) is 0 Å². The van der Waals surface area contributed by atoms with Crippen LogP contribution in [0.25, 0.3) is 11.0 Å². The lowest BCUT2D eigenvalue weighted by Crippen LogP contribution is -2.20. The molecule has 0 aliphatic heterocycles. The number of hydrogen-bond donors (Lipinski definition) is 1. The number of fused-ring (bicyclic) bond motifs is 1. The third-order valence-corrected chi connectivity index (χ3v) is 3.06. The number of carbonyl (C=O) groups excluding carboxylic acids is 1. The molecule has 0 atom stereocenters. The normalized spacial score (nSPS) is 10.6. The van der Waals surface area contributed by atoms with Crippen LogP contribution in [0, 0.1) is 0 Å². The minimum atomic E-state index is -0.799. The number of halogens is 2. The summed E-state index contributed by atoms with van der Waals surface area (Å²) in [6, 6.07) is 4.89. The number of amides is 1. The number of benzene rings is 1. The van der Waals surface area contributed by atoms with Gasteiger partial charge in [0.15, 0.2) is 5.58 Å². The molecule has 2 N–H and O–H groups in total. The van der Waals surface area contributed by atoms with E-state index >= 15 is 0 Å². The van der Waals surface area contributed by atoms with Crippen LogP contribution in [0.4, 0.5) is 0 Å². The van der Waals surface area contributed by atoms with Crippen molar-refractivity contribution in [2.45, 2.75) is 0 Å². The highest BCUT2D eigenvalue weighted by atomic mass is 79.9. The Kier molecular flexibility index (Phi) is 2.86. The summed E-state index contributed by atoms with van der Waals surface area (Å²) in [5.74, 6) is -0.799. The molecule has 0 fully saturated rings. The highest BCUT2D eigenvalue weighted by molar-refractivity contribution is 9.11. The minimum absolute atomic E-state index is 0.155. The Morgan fingerprint density at radius 2 is 1.94 bits per heavy atom. The molecule has 2 rings (SSSR count). The Morgan fingerprint density at radius 3 is 2.56 bits per heavy atom. The summed E-state index contributed by atoms with van der Waals surface area (Å²) in [7, 11) is 0. The predicted molar refractivity (Wildman–Crippen MR) is 66.4 cm³/mol. The number of carbonyl (C=O) groups is 1. The first-order valence-corrected chi connectivity index (χ1v) is 5.80. The summed E-state index contributed by atoms with van der Waals surface area (Å²) >= 11 is 6.56. The summed E-state index contributed by atoms with van der Waals surface area (Å²) in [5, 5.41) is 0.620. The van der Waals surface area contributed by atoms with Crippen LogP contribution in [0.3, 0.4) is 0 Å².